The number of aryl methyl sites for hydroxylation is 1. The molecule has 0 unspecified atom stereocenters. The van der Waals surface area contributed by atoms with Crippen LogP contribution in [0.25, 0.3) is 0 Å². The van der Waals surface area contributed by atoms with Crippen molar-refractivity contribution in [3.8, 4) is 0 Å². The highest BCUT2D eigenvalue weighted by atomic mass is 16.5. The first kappa shape index (κ1) is 14.4. The number of hydrogen-bond donors (Lipinski definition) is 0. The van der Waals surface area contributed by atoms with Crippen LogP contribution in [-0.2, 0) is 4.79 Å². The number of carbonyl (C=O) groups excluding carboxylic acids is 1. The molecule has 0 spiro atoms. The molecule has 3 atom stereocenters. The SMILES string of the molecule is Cc1noc([C@@H]2CCCCN2C(=O)[C@H]2C[C@H]2c2ccccc2)n1. The van der Waals surface area contributed by atoms with Crippen molar-refractivity contribution in [2.75, 3.05) is 6.54 Å². The number of amides is 1. The lowest BCUT2D eigenvalue weighted by atomic mass is 10.0. The van der Waals surface area contributed by atoms with Crippen LogP contribution in [0.3, 0.4) is 0 Å². The molecule has 4 rings (SSSR count). The fraction of sp³-hybridized carbons (Fsp3) is 0.500. The molecule has 0 radical (unpaired) electrons. The molecular formula is C18H21N3O2. The van der Waals surface area contributed by atoms with Crippen molar-refractivity contribution in [3.05, 3.63) is 47.6 Å². The van der Waals surface area contributed by atoms with E-state index in [4.69, 9.17) is 4.52 Å². The smallest absolute Gasteiger partial charge is 0.249 e. The van der Waals surface area contributed by atoms with Crippen LogP contribution < -0.4 is 0 Å². The van der Waals surface area contributed by atoms with Crippen LogP contribution in [0.5, 0.6) is 0 Å². The average Bonchev–Trinajstić information content (AvgIpc) is 3.29. The number of likely N-dealkylation sites (tertiary alicyclic amines) is 1. The lowest BCUT2D eigenvalue weighted by molar-refractivity contribution is -0.137. The van der Waals surface area contributed by atoms with Crippen LogP contribution in [0.15, 0.2) is 34.9 Å². The largest absolute Gasteiger partial charge is 0.337 e. The van der Waals surface area contributed by atoms with Gasteiger partial charge in [0.15, 0.2) is 5.82 Å². The molecule has 2 aliphatic rings. The highest BCUT2D eigenvalue weighted by Crippen LogP contribution is 2.49. The summed E-state index contributed by atoms with van der Waals surface area (Å²) in [5, 5.41) is 3.88. The van der Waals surface area contributed by atoms with Gasteiger partial charge in [-0.1, -0.05) is 35.5 Å². The molecule has 5 heteroatoms. The highest BCUT2D eigenvalue weighted by Gasteiger charge is 2.47. The van der Waals surface area contributed by atoms with Crippen LogP contribution in [0.4, 0.5) is 0 Å². The molecule has 5 nitrogen and oxygen atoms in total. The summed E-state index contributed by atoms with van der Waals surface area (Å²) in [4.78, 5) is 19.3. The predicted molar refractivity (Wildman–Crippen MR) is 84.6 cm³/mol. The predicted octanol–water partition coefficient (Wildman–Crippen LogP) is 3.24. The van der Waals surface area contributed by atoms with Crippen LogP contribution in [0.1, 0.15) is 54.9 Å². The maximum absolute atomic E-state index is 13.0. The van der Waals surface area contributed by atoms with Crippen molar-refractivity contribution >= 4 is 5.91 Å². The van der Waals surface area contributed by atoms with Crippen LogP contribution in [0.2, 0.25) is 0 Å². The second-order valence-electron chi connectivity index (χ2n) is 6.58. The summed E-state index contributed by atoms with van der Waals surface area (Å²) >= 11 is 0. The lowest BCUT2D eigenvalue weighted by Crippen LogP contribution is -2.39. The van der Waals surface area contributed by atoms with Gasteiger partial charge in [-0.3, -0.25) is 4.79 Å². The second-order valence-corrected chi connectivity index (χ2v) is 6.58. The molecule has 1 aliphatic heterocycles. The van der Waals surface area contributed by atoms with Gasteiger partial charge in [-0.2, -0.15) is 4.98 Å². The van der Waals surface area contributed by atoms with E-state index >= 15 is 0 Å². The molecule has 0 N–H and O–H groups in total. The van der Waals surface area contributed by atoms with Gasteiger partial charge in [-0.25, -0.2) is 0 Å². The van der Waals surface area contributed by atoms with E-state index in [1.54, 1.807) is 0 Å². The van der Waals surface area contributed by atoms with Crippen LogP contribution >= 0.6 is 0 Å². The summed E-state index contributed by atoms with van der Waals surface area (Å²) in [6.07, 6.45) is 4.02. The Bertz CT molecular complexity index is 697. The third-order valence-electron chi connectivity index (χ3n) is 4.95. The van der Waals surface area contributed by atoms with Gasteiger partial charge in [0.2, 0.25) is 11.8 Å². The van der Waals surface area contributed by atoms with Crippen LogP contribution in [0, 0.1) is 12.8 Å². The Morgan fingerprint density at radius 1 is 1.26 bits per heavy atom. The minimum atomic E-state index is -0.0468. The van der Waals surface area contributed by atoms with E-state index in [9.17, 15) is 4.79 Å². The molecule has 120 valence electrons. The van der Waals surface area contributed by atoms with E-state index in [2.05, 4.69) is 22.3 Å². The molecule has 1 aromatic carbocycles. The Balaban J connectivity index is 1.51. The normalized spacial score (nSPS) is 27.0. The fourth-order valence-electron chi connectivity index (χ4n) is 3.65. The van der Waals surface area contributed by atoms with Gasteiger partial charge in [-0.15, -0.1) is 0 Å². The molecule has 1 saturated carbocycles. The molecule has 2 fully saturated rings. The van der Waals surface area contributed by atoms with Gasteiger partial charge >= 0.3 is 0 Å². The zero-order valence-corrected chi connectivity index (χ0v) is 13.3. The monoisotopic (exact) mass is 311 g/mol. The van der Waals surface area contributed by atoms with E-state index in [1.165, 1.54) is 5.56 Å². The van der Waals surface area contributed by atoms with Gasteiger partial charge in [0, 0.05) is 12.5 Å². The fourth-order valence-corrected chi connectivity index (χ4v) is 3.65. The van der Waals surface area contributed by atoms with E-state index in [1.807, 2.05) is 30.0 Å². The van der Waals surface area contributed by atoms with E-state index in [0.29, 0.717) is 17.6 Å². The van der Waals surface area contributed by atoms with Crippen molar-refractivity contribution < 1.29 is 9.32 Å². The molecule has 0 bridgehead atoms. The molecule has 2 aromatic rings. The Labute approximate surface area is 135 Å². The number of hydrogen-bond acceptors (Lipinski definition) is 4. The highest BCUT2D eigenvalue weighted by molar-refractivity contribution is 5.83. The molecule has 23 heavy (non-hydrogen) atoms. The maximum Gasteiger partial charge on any atom is 0.249 e. The Morgan fingerprint density at radius 2 is 2.09 bits per heavy atom. The van der Waals surface area contributed by atoms with Gasteiger partial charge in [0.05, 0.1) is 0 Å². The summed E-state index contributed by atoms with van der Waals surface area (Å²) in [5.74, 6) is 1.95. The first-order valence-corrected chi connectivity index (χ1v) is 8.39. The van der Waals surface area contributed by atoms with Crippen LogP contribution in [-0.4, -0.2) is 27.5 Å². The summed E-state index contributed by atoms with van der Waals surface area (Å²) in [5.41, 5.74) is 1.27. The molecule has 1 amide bonds. The third kappa shape index (κ3) is 2.76. The number of benzene rings is 1. The minimum Gasteiger partial charge on any atom is -0.337 e. The molecule has 1 saturated heterocycles. The second kappa shape index (κ2) is 5.80. The molecular weight excluding hydrogens is 290 g/mol. The number of aromatic nitrogens is 2. The molecule has 2 heterocycles. The van der Waals surface area contributed by atoms with E-state index < -0.39 is 0 Å². The topological polar surface area (TPSA) is 59.2 Å². The first-order valence-electron chi connectivity index (χ1n) is 8.39. The Hall–Kier alpha value is -2.17. The Kier molecular flexibility index (Phi) is 3.63. The zero-order chi connectivity index (χ0) is 15.8. The number of nitrogens with zero attached hydrogens (tertiary/aromatic N) is 3. The summed E-state index contributed by atoms with van der Waals surface area (Å²) in [7, 11) is 0. The van der Waals surface area contributed by atoms with Gasteiger partial charge in [0.1, 0.15) is 6.04 Å². The molecule has 1 aliphatic carbocycles. The third-order valence-corrected chi connectivity index (χ3v) is 4.95. The van der Waals surface area contributed by atoms with Gasteiger partial charge in [-0.05, 0) is 44.1 Å². The van der Waals surface area contributed by atoms with Crippen molar-refractivity contribution in [2.45, 2.75) is 44.6 Å². The minimum absolute atomic E-state index is 0.0468. The number of carbonyl (C=O) groups is 1. The maximum atomic E-state index is 13.0. The van der Waals surface area contributed by atoms with Gasteiger partial charge < -0.3 is 9.42 Å². The standard InChI is InChI=1S/C18H21N3O2/c1-12-19-17(23-20-12)16-9-5-6-10-21(16)18(22)15-11-14(15)13-7-3-2-4-8-13/h2-4,7-8,14-16H,5-6,9-11H2,1H3/t14-,15-,16-/m0/s1. The lowest BCUT2D eigenvalue weighted by Gasteiger charge is -2.33. The van der Waals surface area contributed by atoms with E-state index in [-0.39, 0.29) is 17.9 Å². The summed E-state index contributed by atoms with van der Waals surface area (Å²) in [6, 6.07) is 10.3. The quantitative estimate of drug-likeness (QED) is 0.873. The van der Waals surface area contributed by atoms with Crippen molar-refractivity contribution in [3.63, 3.8) is 0 Å². The van der Waals surface area contributed by atoms with Crippen molar-refractivity contribution in [2.24, 2.45) is 5.92 Å². The summed E-state index contributed by atoms with van der Waals surface area (Å²) in [6.45, 7) is 2.61. The molecule has 1 aromatic heterocycles. The average molecular weight is 311 g/mol. The first-order chi connectivity index (χ1) is 11.2. The zero-order valence-electron chi connectivity index (χ0n) is 13.3. The summed E-state index contributed by atoms with van der Waals surface area (Å²) < 4.78 is 5.34. The van der Waals surface area contributed by atoms with Gasteiger partial charge in [0.25, 0.3) is 0 Å². The number of piperidine rings is 1. The number of rotatable bonds is 3. The van der Waals surface area contributed by atoms with Crippen molar-refractivity contribution in [1.82, 2.24) is 15.0 Å². The van der Waals surface area contributed by atoms with E-state index in [0.717, 1.165) is 32.2 Å². The Morgan fingerprint density at radius 3 is 2.83 bits per heavy atom. The van der Waals surface area contributed by atoms with Crippen molar-refractivity contribution in [1.29, 1.82) is 0 Å².